The lowest BCUT2D eigenvalue weighted by atomic mass is 9.98. The number of halogens is 3. The Hall–Kier alpha value is -8.13. The van der Waals surface area contributed by atoms with Crippen LogP contribution in [0.2, 0.25) is 0 Å². The number of nitrogens with one attached hydrogen (secondary N) is 7. The molecular formula is C46H67F3N12O17. The number of carboxylic acid groups (broad SMARTS) is 5. The molecular weight excluding hydrogens is 1050 g/mol. The first-order chi connectivity index (χ1) is 36.5. The summed E-state index contributed by atoms with van der Waals surface area (Å²) >= 11 is 0. The molecule has 0 aliphatic carbocycles. The summed E-state index contributed by atoms with van der Waals surface area (Å²) in [5.41, 5.74) is 6.00. The minimum absolute atomic E-state index is 0.0194. The fourth-order valence-electron chi connectivity index (χ4n) is 7.28. The Bertz CT molecular complexity index is 2310. The minimum Gasteiger partial charge on any atom is -0.494 e. The summed E-state index contributed by atoms with van der Waals surface area (Å²) in [5.74, 6) is -14.0. The van der Waals surface area contributed by atoms with Crippen molar-refractivity contribution in [2.24, 2.45) is 16.6 Å². The maximum Gasteiger partial charge on any atom is 0.471 e. The standard InChI is InChI=1S/C46H67F3N12O17/c1-26(2)40-43(76)56-30(6-4-11-52-45(50)58-44(77)46(47,48)49)41(74)53-20-33(62)55-32(19-35(64)65)42(75)57-31(27(3)54-40)18-28-7-9-29(10-8-28)78-17-5-12-51-34(63)21-60(23-37(68)69)15-13-59(22-36(66)67)14-16-61(24-38(70)71)25-39(72)73/h7-10,26,30-32,40,54H,3-6,11-25H2,1-2H3,(H,51,63)(H,53,74)(H,55,62)(H,56,76)(H,57,75)(H,64,65)(H,66,67)(H,68,69)(H,70,71)(H,72,73)(H3,50,52,58,77)/t30-,31+,32-,40-/m0/s1. The van der Waals surface area contributed by atoms with E-state index < -0.39 is 147 Å². The summed E-state index contributed by atoms with van der Waals surface area (Å²) in [4.78, 5) is 142. The topological polar surface area (TPSA) is 430 Å². The Balaban J connectivity index is 2.15. The molecule has 78 heavy (non-hydrogen) atoms. The first kappa shape index (κ1) is 66.0. The fraction of sp³-hybridized carbons (Fsp3) is 0.565. The van der Waals surface area contributed by atoms with Gasteiger partial charge in [-0.3, -0.25) is 77.7 Å². The molecule has 1 aliphatic rings. The van der Waals surface area contributed by atoms with E-state index in [1.54, 1.807) is 38.1 Å². The van der Waals surface area contributed by atoms with Gasteiger partial charge in [0.1, 0.15) is 23.9 Å². The number of hydrogen-bond acceptors (Lipinski definition) is 17. The van der Waals surface area contributed by atoms with E-state index in [0.717, 1.165) is 4.90 Å². The number of carbonyl (C=O) groups is 11. The molecule has 1 heterocycles. The molecule has 434 valence electrons. The third-order valence-corrected chi connectivity index (χ3v) is 11.1. The Morgan fingerprint density at radius 1 is 0.731 bits per heavy atom. The van der Waals surface area contributed by atoms with Crippen molar-refractivity contribution in [1.82, 2.24) is 51.9 Å². The molecule has 0 spiro atoms. The normalized spacial score (nSPS) is 17.9. The van der Waals surface area contributed by atoms with Crippen molar-refractivity contribution < 1.29 is 96.2 Å². The van der Waals surface area contributed by atoms with Crippen LogP contribution in [0.25, 0.3) is 0 Å². The van der Waals surface area contributed by atoms with E-state index in [9.17, 15) is 81.2 Å². The van der Waals surface area contributed by atoms with E-state index in [-0.39, 0.29) is 83.8 Å². The van der Waals surface area contributed by atoms with Gasteiger partial charge >= 0.3 is 41.9 Å². The lowest BCUT2D eigenvalue weighted by Crippen LogP contribution is -2.55. The molecule has 14 N–H and O–H groups in total. The quantitative estimate of drug-likeness (QED) is 0.0200. The van der Waals surface area contributed by atoms with Crippen LogP contribution in [0, 0.1) is 5.92 Å². The average molecular weight is 1120 g/mol. The van der Waals surface area contributed by atoms with Crippen LogP contribution in [0.5, 0.6) is 5.75 Å². The number of carbonyl (C=O) groups excluding carboxylic acids is 6. The van der Waals surface area contributed by atoms with Gasteiger partial charge < -0.3 is 67.9 Å². The molecule has 0 saturated carbocycles. The van der Waals surface area contributed by atoms with E-state index in [0.29, 0.717) is 11.3 Å². The highest BCUT2D eigenvalue weighted by atomic mass is 19.4. The van der Waals surface area contributed by atoms with Gasteiger partial charge in [-0.15, -0.1) is 0 Å². The third-order valence-electron chi connectivity index (χ3n) is 11.1. The zero-order valence-corrected chi connectivity index (χ0v) is 42.8. The zero-order valence-electron chi connectivity index (χ0n) is 42.8. The molecule has 2 rings (SSSR count). The van der Waals surface area contributed by atoms with Gasteiger partial charge in [-0.25, -0.2) is 0 Å². The van der Waals surface area contributed by atoms with E-state index in [4.69, 9.17) is 20.7 Å². The minimum atomic E-state index is -5.23. The van der Waals surface area contributed by atoms with Crippen LogP contribution in [0.15, 0.2) is 41.5 Å². The summed E-state index contributed by atoms with van der Waals surface area (Å²) in [6.07, 6.45) is -6.13. The number of ether oxygens (including phenoxy) is 1. The number of rotatable bonds is 30. The monoisotopic (exact) mass is 1120 g/mol. The van der Waals surface area contributed by atoms with Crippen LogP contribution >= 0.6 is 0 Å². The highest BCUT2D eigenvalue weighted by molar-refractivity contribution is 5.98. The largest absolute Gasteiger partial charge is 0.494 e. The van der Waals surface area contributed by atoms with Gasteiger partial charge in [0.2, 0.25) is 29.5 Å². The van der Waals surface area contributed by atoms with Gasteiger partial charge in [0.15, 0.2) is 5.96 Å². The molecule has 4 atom stereocenters. The van der Waals surface area contributed by atoms with Crippen LogP contribution in [-0.4, -0.2) is 227 Å². The lowest BCUT2D eigenvalue weighted by molar-refractivity contribution is -0.171. The predicted octanol–water partition coefficient (Wildman–Crippen LogP) is -3.68. The number of aliphatic carboxylic acids is 5. The number of aliphatic imine (C=N–C) groups is 1. The van der Waals surface area contributed by atoms with Gasteiger partial charge in [0.25, 0.3) is 0 Å². The molecule has 0 aromatic heterocycles. The Morgan fingerprint density at radius 3 is 1.81 bits per heavy atom. The molecule has 29 nitrogen and oxygen atoms in total. The van der Waals surface area contributed by atoms with Gasteiger partial charge in [0.05, 0.1) is 58.3 Å². The summed E-state index contributed by atoms with van der Waals surface area (Å²) in [5, 5.41) is 63.5. The van der Waals surface area contributed by atoms with E-state index in [1.165, 1.54) is 15.1 Å². The average Bonchev–Trinajstić information content (AvgIpc) is 3.32. The number of alkyl halides is 3. The summed E-state index contributed by atoms with van der Waals surface area (Å²) in [6.45, 7) is 3.39. The molecule has 32 heteroatoms. The van der Waals surface area contributed by atoms with Crippen LogP contribution in [0.3, 0.4) is 0 Å². The Morgan fingerprint density at radius 2 is 1.27 bits per heavy atom. The number of nitrogens with zero attached hydrogens (tertiary/aromatic N) is 4. The molecule has 6 amide bonds. The van der Waals surface area contributed by atoms with Crippen LogP contribution < -0.4 is 47.7 Å². The number of carboxylic acids is 5. The summed E-state index contributed by atoms with van der Waals surface area (Å²) in [7, 11) is 0. The first-order valence-electron chi connectivity index (χ1n) is 24.1. The van der Waals surface area contributed by atoms with Crippen LogP contribution in [-0.2, 0) is 59.2 Å². The Kier molecular flexibility index (Phi) is 28.0. The molecule has 0 unspecified atom stereocenters. The van der Waals surface area contributed by atoms with Crippen molar-refractivity contribution in [1.29, 1.82) is 0 Å². The highest BCUT2D eigenvalue weighted by Gasteiger charge is 2.39. The first-order valence-corrected chi connectivity index (χ1v) is 24.1. The van der Waals surface area contributed by atoms with Crippen LogP contribution in [0.1, 0.15) is 45.1 Å². The van der Waals surface area contributed by atoms with Crippen molar-refractivity contribution >= 4 is 71.2 Å². The number of guanidine groups is 1. The molecule has 1 aromatic carbocycles. The smallest absolute Gasteiger partial charge is 0.471 e. The van der Waals surface area contributed by atoms with Crippen LogP contribution in [0.4, 0.5) is 13.2 Å². The predicted molar refractivity (Wildman–Crippen MR) is 265 cm³/mol. The lowest BCUT2D eigenvalue weighted by Gasteiger charge is -2.30. The highest BCUT2D eigenvalue weighted by Crippen LogP contribution is 2.18. The van der Waals surface area contributed by atoms with Gasteiger partial charge in [0, 0.05) is 45.0 Å². The number of amides is 6. The molecule has 0 radical (unpaired) electrons. The van der Waals surface area contributed by atoms with Gasteiger partial charge in [-0.1, -0.05) is 32.6 Å². The second-order valence-corrected chi connectivity index (χ2v) is 18.0. The number of nitrogens with two attached hydrogens (primary N) is 1. The molecule has 1 saturated heterocycles. The van der Waals surface area contributed by atoms with Crippen molar-refractivity contribution in [3.63, 3.8) is 0 Å². The maximum absolute atomic E-state index is 13.8. The summed E-state index contributed by atoms with van der Waals surface area (Å²) in [6, 6.07) is 1.22. The number of hydrogen-bond donors (Lipinski definition) is 13. The van der Waals surface area contributed by atoms with E-state index >= 15 is 0 Å². The van der Waals surface area contributed by atoms with Gasteiger partial charge in [-0.05, 0) is 49.3 Å². The van der Waals surface area contributed by atoms with E-state index in [1.807, 2.05) is 0 Å². The molecule has 0 bridgehead atoms. The van der Waals surface area contributed by atoms with Gasteiger partial charge in [-0.2, -0.15) is 13.2 Å². The van der Waals surface area contributed by atoms with Crippen molar-refractivity contribution in [3.05, 3.63) is 42.1 Å². The van der Waals surface area contributed by atoms with Crippen molar-refractivity contribution in [2.75, 3.05) is 85.1 Å². The van der Waals surface area contributed by atoms with Crippen molar-refractivity contribution in [3.8, 4) is 5.75 Å². The molecule has 1 aromatic rings. The SMILES string of the molecule is C=C1N[C@@H](C(C)C)C(=O)N[C@@H](CCCN=C(N)NC(=O)C(F)(F)F)C(=O)NCC(=O)N[C@@H](CC(=O)O)C(=O)N[C@@H]1Cc1ccc(OCCCNC(=O)CN(CCN(CCN(CC(=O)O)CC(=O)O)CC(=O)O)CC(=O)O)cc1. The zero-order chi connectivity index (χ0) is 58.7. The molecule has 1 aliphatic heterocycles. The fourth-order valence-corrected chi connectivity index (χ4v) is 7.28. The number of benzene rings is 1. The second kappa shape index (κ2) is 33.1. The van der Waals surface area contributed by atoms with Crippen molar-refractivity contribution in [2.45, 2.75) is 76.3 Å². The van der Waals surface area contributed by atoms with E-state index in [2.05, 4.69) is 43.5 Å². The molecule has 1 fully saturated rings. The third kappa shape index (κ3) is 27.1. The maximum atomic E-state index is 13.8. The summed E-state index contributed by atoms with van der Waals surface area (Å²) < 4.78 is 43.6. The Labute approximate surface area is 444 Å². The second-order valence-electron chi connectivity index (χ2n) is 18.0.